The number of esters is 1. The largest absolute Gasteiger partial charge is 0.466 e. The molecule has 0 fully saturated rings. The molecular formula is C13H26O2. The second kappa shape index (κ2) is 7.72. The van der Waals surface area contributed by atoms with Crippen LogP contribution in [-0.4, -0.2) is 12.6 Å². The highest BCUT2D eigenvalue weighted by Gasteiger charge is 2.10. The van der Waals surface area contributed by atoms with E-state index in [-0.39, 0.29) is 5.97 Å². The monoisotopic (exact) mass is 214 g/mol. The van der Waals surface area contributed by atoms with Crippen molar-refractivity contribution < 1.29 is 9.53 Å². The maximum Gasteiger partial charge on any atom is 0.305 e. The van der Waals surface area contributed by atoms with Crippen LogP contribution in [0.1, 0.15) is 66.2 Å². The molecule has 2 nitrogen and oxygen atoms in total. The van der Waals surface area contributed by atoms with E-state index in [1.54, 1.807) is 0 Å². The van der Waals surface area contributed by atoms with Gasteiger partial charge in [0.2, 0.25) is 0 Å². The van der Waals surface area contributed by atoms with Crippen molar-refractivity contribution in [3.8, 4) is 0 Å². The summed E-state index contributed by atoms with van der Waals surface area (Å²) in [6.07, 6.45) is 5.90. The highest BCUT2D eigenvalue weighted by molar-refractivity contribution is 5.69. The summed E-state index contributed by atoms with van der Waals surface area (Å²) < 4.78 is 5.08. The van der Waals surface area contributed by atoms with Gasteiger partial charge in [0.25, 0.3) is 0 Å². The summed E-state index contributed by atoms with van der Waals surface area (Å²) in [4.78, 5) is 11.2. The molecule has 0 aromatic rings. The van der Waals surface area contributed by atoms with Crippen molar-refractivity contribution in [2.75, 3.05) is 6.61 Å². The van der Waals surface area contributed by atoms with E-state index >= 15 is 0 Å². The van der Waals surface area contributed by atoms with E-state index in [4.69, 9.17) is 4.74 Å². The molecule has 0 aromatic carbocycles. The first-order chi connectivity index (χ1) is 6.95. The van der Waals surface area contributed by atoms with E-state index in [2.05, 4.69) is 27.7 Å². The summed E-state index contributed by atoms with van der Waals surface area (Å²) in [5.41, 5.74) is 0.381. The number of hydrogen-bond acceptors (Lipinski definition) is 2. The van der Waals surface area contributed by atoms with E-state index in [1.807, 2.05) is 0 Å². The van der Waals surface area contributed by atoms with Gasteiger partial charge < -0.3 is 4.74 Å². The average molecular weight is 214 g/mol. The molecule has 0 aliphatic heterocycles. The van der Waals surface area contributed by atoms with Crippen molar-refractivity contribution in [2.45, 2.75) is 66.2 Å². The van der Waals surface area contributed by atoms with Gasteiger partial charge >= 0.3 is 5.97 Å². The minimum absolute atomic E-state index is 0.0302. The molecule has 0 rings (SSSR count). The predicted molar refractivity (Wildman–Crippen MR) is 63.8 cm³/mol. The van der Waals surface area contributed by atoms with Crippen LogP contribution in [0.3, 0.4) is 0 Å². The normalized spacial score (nSPS) is 11.5. The minimum atomic E-state index is -0.0302. The topological polar surface area (TPSA) is 26.3 Å². The molecule has 0 aromatic heterocycles. The summed E-state index contributed by atoms with van der Waals surface area (Å²) >= 11 is 0. The number of carbonyl (C=O) groups is 1. The first kappa shape index (κ1) is 14.5. The van der Waals surface area contributed by atoms with Crippen molar-refractivity contribution in [3.63, 3.8) is 0 Å². The van der Waals surface area contributed by atoms with E-state index < -0.39 is 0 Å². The van der Waals surface area contributed by atoms with Crippen LogP contribution >= 0.6 is 0 Å². The van der Waals surface area contributed by atoms with Gasteiger partial charge in [0.1, 0.15) is 0 Å². The van der Waals surface area contributed by atoms with Gasteiger partial charge in [-0.15, -0.1) is 0 Å². The Hall–Kier alpha value is -0.530. The Morgan fingerprint density at radius 1 is 1.13 bits per heavy atom. The summed E-state index contributed by atoms with van der Waals surface area (Å²) in [6.45, 7) is 9.37. The lowest BCUT2D eigenvalue weighted by molar-refractivity contribution is -0.143. The number of ether oxygens (including phenoxy) is 1. The first-order valence-corrected chi connectivity index (χ1v) is 6.11. The van der Waals surface area contributed by atoms with E-state index in [9.17, 15) is 4.79 Å². The fourth-order valence-corrected chi connectivity index (χ4v) is 1.33. The van der Waals surface area contributed by atoms with Gasteiger partial charge in [-0.3, -0.25) is 4.79 Å². The molecule has 0 heterocycles. The second-order valence-corrected chi connectivity index (χ2v) is 5.34. The first-order valence-electron chi connectivity index (χ1n) is 6.11. The van der Waals surface area contributed by atoms with Crippen LogP contribution in [0.4, 0.5) is 0 Å². The van der Waals surface area contributed by atoms with Gasteiger partial charge in [-0.05, 0) is 24.7 Å². The lowest BCUT2D eigenvalue weighted by Gasteiger charge is -2.17. The summed E-state index contributed by atoms with van der Waals surface area (Å²) in [5.74, 6) is -0.0302. The smallest absolute Gasteiger partial charge is 0.305 e. The molecule has 2 heteroatoms. The Kier molecular flexibility index (Phi) is 7.45. The molecule has 0 aliphatic carbocycles. The third-order valence-corrected chi connectivity index (χ3v) is 2.32. The Morgan fingerprint density at radius 3 is 2.33 bits per heavy atom. The molecule has 0 amide bonds. The van der Waals surface area contributed by atoms with Crippen LogP contribution in [0.5, 0.6) is 0 Å². The number of rotatable bonds is 7. The SMILES string of the molecule is CCCCOC(=O)CCCCC(C)(C)C. The fraction of sp³-hybridized carbons (Fsp3) is 0.923. The zero-order valence-electron chi connectivity index (χ0n) is 10.8. The van der Waals surface area contributed by atoms with Crippen LogP contribution in [-0.2, 0) is 9.53 Å². The minimum Gasteiger partial charge on any atom is -0.466 e. The molecule has 0 atom stereocenters. The predicted octanol–water partition coefficient (Wildman–Crippen LogP) is 3.94. The fourth-order valence-electron chi connectivity index (χ4n) is 1.33. The maximum atomic E-state index is 11.2. The Balaban J connectivity index is 3.32. The lowest BCUT2D eigenvalue weighted by Crippen LogP contribution is -2.07. The zero-order chi connectivity index (χ0) is 11.7. The molecule has 0 unspecified atom stereocenters. The van der Waals surface area contributed by atoms with Gasteiger partial charge in [0.15, 0.2) is 0 Å². The van der Waals surface area contributed by atoms with E-state index in [1.165, 1.54) is 6.42 Å². The zero-order valence-corrected chi connectivity index (χ0v) is 10.8. The molecule has 0 N–H and O–H groups in total. The molecule has 0 saturated heterocycles. The van der Waals surface area contributed by atoms with Crippen molar-refractivity contribution in [3.05, 3.63) is 0 Å². The number of carbonyl (C=O) groups excluding carboxylic acids is 1. The molecule has 0 spiro atoms. The van der Waals surface area contributed by atoms with Crippen molar-refractivity contribution in [1.29, 1.82) is 0 Å². The molecule has 15 heavy (non-hydrogen) atoms. The van der Waals surface area contributed by atoms with Crippen LogP contribution in [0.15, 0.2) is 0 Å². The maximum absolute atomic E-state index is 11.2. The van der Waals surface area contributed by atoms with E-state index in [0.29, 0.717) is 18.4 Å². The Bertz CT molecular complexity index is 168. The van der Waals surface area contributed by atoms with Crippen molar-refractivity contribution in [2.24, 2.45) is 5.41 Å². The molecule has 0 bridgehead atoms. The van der Waals surface area contributed by atoms with Crippen molar-refractivity contribution in [1.82, 2.24) is 0 Å². The molecule has 0 saturated carbocycles. The molecule has 0 radical (unpaired) electrons. The van der Waals surface area contributed by atoms with Crippen molar-refractivity contribution >= 4 is 5.97 Å². The second-order valence-electron chi connectivity index (χ2n) is 5.34. The molecular weight excluding hydrogens is 188 g/mol. The van der Waals surface area contributed by atoms with Gasteiger partial charge in [-0.25, -0.2) is 0 Å². The Labute approximate surface area is 94.4 Å². The van der Waals surface area contributed by atoms with E-state index in [0.717, 1.165) is 25.7 Å². The quantitative estimate of drug-likeness (QED) is 0.474. The molecule has 90 valence electrons. The number of unbranched alkanes of at least 4 members (excludes halogenated alkanes) is 2. The van der Waals surface area contributed by atoms with Crippen LogP contribution in [0.2, 0.25) is 0 Å². The molecule has 0 aliphatic rings. The lowest BCUT2D eigenvalue weighted by atomic mass is 9.89. The standard InChI is InChI=1S/C13H26O2/c1-5-6-11-15-12(14)9-7-8-10-13(2,3)4/h5-11H2,1-4H3. The van der Waals surface area contributed by atoms with Gasteiger partial charge in [-0.1, -0.05) is 40.5 Å². The summed E-state index contributed by atoms with van der Waals surface area (Å²) in [6, 6.07) is 0. The highest BCUT2D eigenvalue weighted by atomic mass is 16.5. The van der Waals surface area contributed by atoms with Crippen LogP contribution < -0.4 is 0 Å². The van der Waals surface area contributed by atoms with Crippen LogP contribution in [0, 0.1) is 5.41 Å². The van der Waals surface area contributed by atoms with Gasteiger partial charge in [0.05, 0.1) is 6.61 Å². The summed E-state index contributed by atoms with van der Waals surface area (Å²) in [7, 11) is 0. The summed E-state index contributed by atoms with van der Waals surface area (Å²) in [5, 5.41) is 0. The van der Waals surface area contributed by atoms with Gasteiger partial charge in [0, 0.05) is 6.42 Å². The highest BCUT2D eigenvalue weighted by Crippen LogP contribution is 2.21. The average Bonchev–Trinajstić information content (AvgIpc) is 2.11. The van der Waals surface area contributed by atoms with Gasteiger partial charge in [-0.2, -0.15) is 0 Å². The third kappa shape index (κ3) is 11.4. The Morgan fingerprint density at radius 2 is 1.80 bits per heavy atom. The third-order valence-electron chi connectivity index (χ3n) is 2.32. The number of hydrogen-bond donors (Lipinski definition) is 0. The van der Waals surface area contributed by atoms with Crippen LogP contribution in [0.25, 0.3) is 0 Å².